The molecule has 1 aromatic rings. The number of ether oxygens (including phenoxy) is 1. The molecule has 2 amide bonds. The Bertz CT molecular complexity index is 484. The van der Waals surface area contributed by atoms with E-state index in [1.807, 2.05) is 0 Å². The fraction of sp³-hybridized carbons (Fsp3) is 0.308. The Morgan fingerprint density at radius 1 is 1.10 bits per heavy atom. The number of carbonyl (C=O) groups is 3. The molecule has 0 aliphatic heterocycles. The average molecular weight is 280 g/mol. The van der Waals surface area contributed by atoms with E-state index in [1.54, 1.807) is 31.4 Å². The lowest BCUT2D eigenvalue weighted by molar-refractivity contribution is -0.137. The molecule has 0 aliphatic carbocycles. The maximum atomic E-state index is 11.7. The minimum absolute atomic E-state index is 0.272. The monoisotopic (exact) mass is 280 g/mol. The van der Waals surface area contributed by atoms with Crippen molar-refractivity contribution in [2.24, 2.45) is 0 Å². The third kappa shape index (κ3) is 5.49. The summed E-state index contributed by atoms with van der Waals surface area (Å²) in [5.41, 5.74) is 1.35. The van der Waals surface area contributed by atoms with E-state index < -0.39 is 24.3 Å². The van der Waals surface area contributed by atoms with Gasteiger partial charge in [-0.05, 0) is 17.7 Å². The highest BCUT2D eigenvalue weighted by Gasteiger charge is 2.08. The van der Waals surface area contributed by atoms with E-state index in [0.29, 0.717) is 12.2 Å². The zero-order chi connectivity index (χ0) is 15.0. The highest BCUT2D eigenvalue weighted by Crippen LogP contribution is 2.05. The van der Waals surface area contributed by atoms with Gasteiger partial charge in [0.1, 0.15) is 6.54 Å². The van der Waals surface area contributed by atoms with Crippen LogP contribution in [0.15, 0.2) is 24.3 Å². The molecular formula is C13H16N2O5. The van der Waals surface area contributed by atoms with Crippen LogP contribution in [0.2, 0.25) is 0 Å². The zero-order valence-corrected chi connectivity index (χ0v) is 11.0. The summed E-state index contributed by atoms with van der Waals surface area (Å²) in [5, 5.41) is 12.9. The first kappa shape index (κ1) is 15.6. The lowest BCUT2D eigenvalue weighted by Crippen LogP contribution is -2.39. The molecule has 0 radical (unpaired) electrons. The minimum atomic E-state index is -1.14. The smallest absolute Gasteiger partial charge is 0.322 e. The largest absolute Gasteiger partial charge is 0.480 e. The predicted octanol–water partition coefficient (Wildman–Crippen LogP) is -0.236. The van der Waals surface area contributed by atoms with Crippen molar-refractivity contribution in [1.29, 1.82) is 0 Å². The number of hydrogen-bond donors (Lipinski definition) is 3. The van der Waals surface area contributed by atoms with Crippen LogP contribution in [0.3, 0.4) is 0 Å². The number of amides is 2. The van der Waals surface area contributed by atoms with Crippen molar-refractivity contribution >= 4 is 17.8 Å². The molecule has 0 saturated heterocycles. The van der Waals surface area contributed by atoms with Crippen LogP contribution in [0.1, 0.15) is 15.9 Å². The molecular weight excluding hydrogens is 264 g/mol. The summed E-state index contributed by atoms with van der Waals surface area (Å²) in [6.07, 6.45) is 0. The van der Waals surface area contributed by atoms with Gasteiger partial charge in [0.05, 0.1) is 13.2 Å². The van der Waals surface area contributed by atoms with E-state index in [9.17, 15) is 14.4 Å². The number of methoxy groups -OCH3 is 1. The van der Waals surface area contributed by atoms with Gasteiger partial charge < -0.3 is 20.5 Å². The van der Waals surface area contributed by atoms with E-state index in [0.717, 1.165) is 5.56 Å². The van der Waals surface area contributed by atoms with Crippen LogP contribution in [0.4, 0.5) is 0 Å². The third-order valence-corrected chi connectivity index (χ3v) is 2.37. The van der Waals surface area contributed by atoms with Crippen LogP contribution in [-0.4, -0.2) is 43.1 Å². The molecule has 20 heavy (non-hydrogen) atoms. The van der Waals surface area contributed by atoms with E-state index >= 15 is 0 Å². The fourth-order valence-electron chi connectivity index (χ4n) is 1.42. The first-order chi connectivity index (χ1) is 9.52. The van der Waals surface area contributed by atoms with E-state index in [2.05, 4.69) is 10.6 Å². The van der Waals surface area contributed by atoms with Crippen LogP contribution >= 0.6 is 0 Å². The molecule has 0 fully saturated rings. The summed E-state index contributed by atoms with van der Waals surface area (Å²) in [6, 6.07) is 6.75. The summed E-state index contributed by atoms with van der Waals surface area (Å²) in [5.74, 6) is -2.10. The molecule has 1 rings (SSSR count). The molecule has 108 valence electrons. The lowest BCUT2D eigenvalue weighted by atomic mass is 10.1. The number of carboxylic acid groups (broad SMARTS) is 1. The predicted molar refractivity (Wildman–Crippen MR) is 70.1 cm³/mol. The van der Waals surface area contributed by atoms with E-state index in [-0.39, 0.29) is 6.54 Å². The second kappa shape index (κ2) is 7.90. The van der Waals surface area contributed by atoms with Crippen LogP contribution in [0, 0.1) is 0 Å². The summed E-state index contributed by atoms with van der Waals surface area (Å²) < 4.78 is 4.95. The van der Waals surface area contributed by atoms with Gasteiger partial charge >= 0.3 is 5.97 Å². The normalized spacial score (nSPS) is 9.85. The Labute approximate surface area is 115 Å². The lowest BCUT2D eigenvalue weighted by Gasteiger charge is -2.06. The highest BCUT2D eigenvalue weighted by atomic mass is 16.5. The summed E-state index contributed by atoms with van der Waals surface area (Å²) in [6.45, 7) is -0.286. The molecule has 0 bridgehead atoms. The SMILES string of the molecule is COCc1ccc(C(=O)NCC(=O)NCC(=O)O)cc1. The maximum Gasteiger partial charge on any atom is 0.322 e. The van der Waals surface area contributed by atoms with Crippen molar-refractivity contribution < 1.29 is 24.2 Å². The van der Waals surface area contributed by atoms with E-state index in [4.69, 9.17) is 9.84 Å². The molecule has 0 aromatic heterocycles. The number of hydrogen-bond acceptors (Lipinski definition) is 4. The fourth-order valence-corrected chi connectivity index (χ4v) is 1.42. The van der Waals surface area contributed by atoms with Gasteiger partial charge in [-0.15, -0.1) is 0 Å². The van der Waals surface area contributed by atoms with Gasteiger partial charge in [0, 0.05) is 12.7 Å². The van der Waals surface area contributed by atoms with Crippen LogP contribution in [0.25, 0.3) is 0 Å². The van der Waals surface area contributed by atoms with Crippen molar-refractivity contribution in [3.8, 4) is 0 Å². The van der Waals surface area contributed by atoms with Gasteiger partial charge in [-0.1, -0.05) is 12.1 Å². The number of carboxylic acids is 1. The molecule has 7 nitrogen and oxygen atoms in total. The first-order valence-electron chi connectivity index (χ1n) is 5.87. The van der Waals surface area contributed by atoms with Crippen molar-refractivity contribution in [2.45, 2.75) is 6.61 Å². The van der Waals surface area contributed by atoms with Gasteiger partial charge in [-0.25, -0.2) is 0 Å². The molecule has 1 aromatic carbocycles. The van der Waals surface area contributed by atoms with Gasteiger partial charge in [0.15, 0.2) is 0 Å². The second-order valence-corrected chi connectivity index (χ2v) is 3.98. The third-order valence-electron chi connectivity index (χ3n) is 2.37. The Hall–Kier alpha value is -2.41. The number of aliphatic carboxylic acids is 1. The molecule has 0 aliphatic rings. The molecule has 0 unspecified atom stereocenters. The van der Waals surface area contributed by atoms with Gasteiger partial charge in [-0.2, -0.15) is 0 Å². The van der Waals surface area contributed by atoms with Crippen molar-refractivity contribution in [3.63, 3.8) is 0 Å². The standard InChI is InChI=1S/C13H16N2O5/c1-20-8-9-2-4-10(5-3-9)13(19)15-6-11(16)14-7-12(17)18/h2-5H,6-8H2,1H3,(H,14,16)(H,15,19)(H,17,18). The Morgan fingerprint density at radius 3 is 2.30 bits per heavy atom. The quantitative estimate of drug-likeness (QED) is 0.639. The summed E-state index contributed by atoms with van der Waals surface area (Å²) in [7, 11) is 1.58. The molecule has 0 saturated carbocycles. The average Bonchev–Trinajstić information content (AvgIpc) is 2.43. The summed E-state index contributed by atoms with van der Waals surface area (Å²) >= 11 is 0. The van der Waals surface area contributed by atoms with Crippen molar-refractivity contribution in [1.82, 2.24) is 10.6 Å². The first-order valence-corrected chi connectivity index (χ1v) is 5.87. The topological polar surface area (TPSA) is 105 Å². The molecule has 0 spiro atoms. The number of carbonyl (C=O) groups excluding carboxylic acids is 2. The van der Waals surface area contributed by atoms with Crippen LogP contribution < -0.4 is 10.6 Å². The van der Waals surface area contributed by atoms with Crippen LogP contribution in [0.5, 0.6) is 0 Å². The number of nitrogens with one attached hydrogen (secondary N) is 2. The maximum absolute atomic E-state index is 11.7. The summed E-state index contributed by atoms with van der Waals surface area (Å²) in [4.78, 5) is 33.2. The van der Waals surface area contributed by atoms with Crippen LogP contribution in [-0.2, 0) is 20.9 Å². The Morgan fingerprint density at radius 2 is 1.75 bits per heavy atom. The number of rotatable bonds is 7. The highest BCUT2D eigenvalue weighted by molar-refractivity contribution is 5.96. The second-order valence-electron chi connectivity index (χ2n) is 3.98. The van der Waals surface area contributed by atoms with Crippen molar-refractivity contribution in [2.75, 3.05) is 20.2 Å². The Balaban J connectivity index is 2.42. The number of benzene rings is 1. The van der Waals surface area contributed by atoms with Crippen molar-refractivity contribution in [3.05, 3.63) is 35.4 Å². The molecule has 3 N–H and O–H groups in total. The minimum Gasteiger partial charge on any atom is -0.480 e. The van der Waals surface area contributed by atoms with Gasteiger partial charge in [0.2, 0.25) is 5.91 Å². The molecule has 0 heterocycles. The van der Waals surface area contributed by atoms with E-state index in [1.165, 1.54) is 0 Å². The van der Waals surface area contributed by atoms with Gasteiger partial charge in [0.25, 0.3) is 5.91 Å². The van der Waals surface area contributed by atoms with Gasteiger partial charge in [-0.3, -0.25) is 14.4 Å². The Kier molecular flexibility index (Phi) is 6.18. The molecule has 7 heteroatoms. The molecule has 0 atom stereocenters. The zero-order valence-electron chi connectivity index (χ0n) is 11.0.